The van der Waals surface area contributed by atoms with Crippen LogP contribution in [-0.2, 0) is 12.0 Å². The Balaban J connectivity index is 1.97. The van der Waals surface area contributed by atoms with E-state index in [0.29, 0.717) is 0 Å². The molecule has 0 unspecified atom stereocenters. The number of aromatic nitrogens is 1. The molecule has 0 aliphatic carbocycles. The van der Waals surface area contributed by atoms with Crippen LogP contribution in [0.3, 0.4) is 0 Å². The molecule has 2 rings (SSSR count). The number of rotatable bonds is 4. The van der Waals surface area contributed by atoms with Crippen LogP contribution in [0.15, 0.2) is 29.6 Å². The van der Waals surface area contributed by atoms with Crippen molar-refractivity contribution >= 4 is 22.9 Å². The average molecular weight is 309 g/mol. The lowest BCUT2D eigenvalue weighted by Gasteiger charge is -2.15. The molecular formula is C16H21ClN2S. The minimum Gasteiger partial charge on any atom is -0.304 e. The van der Waals surface area contributed by atoms with E-state index in [0.717, 1.165) is 22.3 Å². The van der Waals surface area contributed by atoms with E-state index in [2.05, 4.69) is 44.5 Å². The molecule has 0 bridgehead atoms. The van der Waals surface area contributed by atoms with Gasteiger partial charge in [0.25, 0.3) is 0 Å². The summed E-state index contributed by atoms with van der Waals surface area (Å²) in [4.78, 5) is 4.69. The minimum atomic E-state index is 0.118. The van der Waals surface area contributed by atoms with Crippen molar-refractivity contribution < 1.29 is 0 Å². The zero-order valence-corrected chi connectivity index (χ0v) is 14.0. The SMILES string of the molecule is C[C@@H](NCc1nc(C(C)(C)C)cs1)c1cccc(Cl)c1. The summed E-state index contributed by atoms with van der Waals surface area (Å²) in [5.74, 6) is 0. The Morgan fingerprint density at radius 1 is 1.35 bits per heavy atom. The molecule has 4 heteroatoms. The van der Waals surface area contributed by atoms with Gasteiger partial charge in [0, 0.05) is 28.4 Å². The van der Waals surface area contributed by atoms with Crippen molar-refractivity contribution in [3.63, 3.8) is 0 Å². The molecular weight excluding hydrogens is 288 g/mol. The van der Waals surface area contributed by atoms with Gasteiger partial charge in [0.1, 0.15) is 5.01 Å². The first-order chi connectivity index (χ1) is 9.36. The Labute approximate surface area is 130 Å². The van der Waals surface area contributed by atoms with E-state index < -0.39 is 0 Å². The number of hydrogen-bond donors (Lipinski definition) is 1. The Morgan fingerprint density at radius 2 is 2.10 bits per heavy atom. The number of halogens is 1. The van der Waals surface area contributed by atoms with Crippen LogP contribution in [0.4, 0.5) is 0 Å². The van der Waals surface area contributed by atoms with Crippen molar-refractivity contribution in [2.75, 3.05) is 0 Å². The summed E-state index contributed by atoms with van der Waals surface area (Å²) in [6.07, 6.45) is 0. The van der Waals surface area contributed by atoms with Crippen molar-refractivity contribution in [2.24, 2.45) is 0 Å². The average Bonchev–Trinajstić information content (AvgIpc) is 2.84. The van der Waals surface area contributed by atoms with Gasteiger partial charge in [-0.2, -0.15) is 0 Å². The number of thiazole rings is 1. The molecule has 2 nitrogen and oxygen atoms in total. The zero-order chi connectivity index (χ0) is 14.8. The van der Waals surface area contributed by atoms with E-state index >= 15 is 0 Å². The normalized spacial score (nSPS) is 13.4. The molecule has 0 amide bonds. The second kappa shape index (κ2) is 6.25. The third-order valence-electron chi connectivity index (χ3n) is 3.23. The van der Waals surface area contributed by atoms with Crippen LogP contribution in [-0.4, -0.2) is 4.98 Å². The third kappa shape index (κ3) is 4.05. The van der Waals surface area contributed by atoms with Gasteiger partial charge in [-0.3, -0.25) is 0 Å². The predicted octanol–water partition coefficient (Wildman–Crippen LogP) is 4.94. The molecule has 1 N–H and O–H groups in total. The van der Waals surface area contributed by atoms with Crippen LogP contribution in [0.2, 0.25) is 5.02 Å². The number of nitrogens with one attached hydrogen (secondary N) is 1. The summed E-state index contributed by atoms with van der Waals surface area (Å²) in [6, 6.07) is 8.23. The van der Waals surface area contributed by atoms with E-state index in [-0.39, 0.29) is 11.5 Å². The highest BCUT2D eigenvalue weighted by molar-refractivity contribution is 7.09. The van der Waals surface area contributed by atoms with Gasteiger partial charge in [-0.1, -0.05) is 44.5 Å². The zero-order valence-electron chi connectivity index (χ0n) is 12.4. The van der Waals surface area contributed by atoms with E-state index in [4.69, 9.17) is 16.6 Å². The maximum absolute atomic E-state index is 6.02. The van der Waals surface area contributed by atoms with Crippen molar-refractivity contribution in [3.8, 4) is 0 Å². The summed E-state index contributed by atoms with van der Waals surface area (Å²) < 4.78 is 0. The van der Waals surface area contributed by atoms with Crippen LogP contribution in [0, 0.1) is 0 Å². The van der Waals surface area contributed by atoms with Gasteiger partial charge < -0.3 is 5.32 Å². The molecule has 0 aliphatic rings. The topological polar surface area (TPSA) is 24.9 Å². The third-order valence-corrected chi connectivity index (χ3v) is 4.31. The molecule has 1 aromatic carbocycles. The summed E-state index contributed by atoms with van der Waals surface area (Å²) in [5, 5.41) is 7.56. The summed E-state index contributed by atoms with van der Waals surface area (Å²) in [7, 11) is 0. The van der Waals surface area contributed by atoms with Gasteiger partial charge in [0.15, 0.2) is 0 Å². The maximum atomic E-state index is 6.02. The first-order valence-corrected chi connectivity index (χ1v) is 8.06. The summed E-state index contributed by atoms with van der Waals surface area (Å²) in [6.45, 7) is 9.49. The number of benzene rings is 1. The highest BCUT2D eigenvalue weighted by Gasteiger charge is 2.17. The lowest BCUT2D eigenvalue weighted by Crippen LogP contribution is -2.18. The lowest BCUT2D eigenvalue weighted by atomic mass is 9.93. The van der Waals surface area contributed by atoms with Crippen LogP contribution in [0.1, 0.15) is 50.0 Å². The summed E-state index contributed by atoms with van der Waals surface area (Å²) >= 11 is 7.74. The van der Waals surface area contributed by atoms with Crippen LogP contribution >= 0.6 is 22.9 Å². The molecule has 1 heterocycles. The lowest BCUT2D eigenvalue weighted by molar-refractivity contribution is 0.554. The molecule has 0 saturated carbocycles. The quantitative estimate of drug-likeness (QED) is 0.865. The first-order valence-electron chi connectivity index (χ1n) is 6.80. The number of hydrogen-bond acceptors (Lipinski definition) is 3. The van der Waals surface area contributed by atoms with Crippen molar-refractivity contribution in [1.29, 1.82) is 0 Å². The van der Waals surface area contributed by atoms with Crippen molar-refractivity contribution in [3.05, 3.63) is 50.9 Å². The first kappa shape index (κ1) is 15.5. The van der Waals surface area contributed by atoms with E-state index in [1.165, 1.54) is 5.56 Å². The fourth-order valence-corrected chi connectivity index (χ4v) is 3.04. The standard InChI is InChI=1S/C16H21ClN2S/c1-11(12-6-5-7-13(17)8-12)18-9-15-19-14(10-20-15)16(2,3)4/h5-8,10-11,18H,9H2,1-4H3/t11-/m1/s1. The fourth-order valence-electron chi connectivity index (χ4n) is 1.87. The van der Waals surface area contributed by atoms with Gasteiger partial charge in [-0.15, -0.1) is 11.3 Å². The molecule has 0 saturated heterocycles. The highest BCUT2D eigenvalue weighted by Crippen LogP contribution is 2.24. The molecule has 0 aliphatic heterocycles. The molecule has 108 valence electrons. The van der Waals surface area contributed by atoms with Crippen molar-refractivity contribution in [2.45, 2.75) is 45.7 Å². The molecule has 2 aromatic rings. The fraction of sp³-hybridized carbons (Fsp3) is 0.438. The Bertz CT molecular complexity index is 572. The highest BCUT2D eigenvalue weighted by atomic mass is 35.5. The molecule has 20 heavy (non-hydrogen) atoms. The van der Waals surface area contributed by atoms with Crippen LogP contribution in [0.25, 0.3) is 0 Å². The summed E-state index contributed by atoms with van der Waals surface area (Å²) in [5.41, 5.74) is 2.48. The minimum absolute atomic E-state index is 0.118. The molecule has 0 fully saturated rings. The van der Waals surface area contributed by atoms with Crippen LogP contribution in [0.5, 0.6) is 0 Å². The largest absolute Gasteiger partial charge is 0.304 e. The predicted molar refractivity (Wildman–Crippen MR) is 87.5 cm³/mol. The molecule has 1 atom stereocenters. The smallest absolute Gasteiger partial charge is 0.107 e. The van der Waals surface area contributed by atoms with Gasteiger partial charge in [-0.25, -0.2) is 4.98 Å². The maximum Gasteiger partial charge on any atom is 0.107 e. The molecule has 0 spiro atoms. The Morgan fingerprint density at radius 3 is 2.70 bits per heavy atom. The Hall–Kier alpha value is -0.900. The monoisotopic (exact) mass is 308 g/mol. The number of nitrogens with zero attached hydrogens (tertiary/aromatic N) is 1. The van der Waals surface area contributed by atoms with E-state index in [1.807, 2.05) is 18.2 Å². The second-order valence-electron chi connectivity index (χ2n) is 6.03. The van der Waals surface area contributed by atoms with E-state index in [9.17, 15) is 0 Å². The van der Waals surface area contributed by atoms with Crippen LogP contribution < -0.4 is 5.32 Å². The Kier molecular flexibility index (Phi) is 4.84. The second-order valence-corrected chi connectivity index (χ2v) is 7.41. The van der Waals surface area contributed by atoms with E-state index in [1.54, 1.807) is 11.3 Å². The van der Waals surface area contributed by atoms with Gasteiger partial charge in [0.2, 0.25) is 0 Å². The van der Waals surface area contributed by atoms with Gasteiger partial charge in [-0.05, 0) is 24.6 Å². The van der Waals surface area contributed by atoms with Gasteiger partial charge >= 0.3 is 0 Å². The molecule has 1 aromatic heterocycles. The van der Waals surface area contributed by atoms with Crippen molar-refractivity contribution in [1.82, 2.24) is 10.3 Å². The van der Waals surface area contributed by atoms with Gasteiger partial charge in [0.05, 0.1) is 5.69 Å². The molecule has 0 radical (unpaired) electrons.